The molecule has 0 atom stereocenters. The van der Waals surface area contributed by atoms with Crippen LogP contribution in [0.2, 0.25) is 0 Å². The first kappa shape index (κ1) is 10.1. The van der Waals surface area contributed by atoms with E-state index in [4.69, 9.17) is 0 Å². The van der Waals surface area contributed by atoms with Crippen molar-refractivity contribution in [3.63, 3.8) is 0 Å². The minimum absolute atomic E-state index is 0.0349. The van der Waals surface area contributed by atoms with E-state index in [1.807, 2.05) is 13.2 Å². The zero-order valence-corrected chi connectivity index (χ0v) is 8.47. The Morgan fingerprint density at radius 1 is 1.62 bits per heavy atom. The van der Waals surface area contributed by atoms with Crippen molar-refractivity contribution in [3.05, 3.63) is 11.9 Å². The molecule has 1 aromatic rings. The molecular formula is C8H11N3OS. The van der Waals surface area contributed by atoms with Crippen molar-refractivity contribution in [3.8, 4) is 0 Å². The number of carbonyl (C=O) groups is 1. The Balaban J connectivity index is 2.82. The van der Waals surface area contributed by atoms with Gasteiger partial charge in [0.25, 0.3) is 0 Å². The fourth-order valence-corrected chi connectivity index (χ4v) is 1.18. The fraction of sp³-hybridized carbons (Fsp3) is 0.500. The quantitative estimate of drug-likeness (QED) is 0.541. The third kappa shape index (κ3) is 2.77. The Hall–Kier alpha value is -0.970. The van der Waals surface area contributed by atoms with Crippen molar-refractivity contribution in [2.24, 2.45) is 0 Å². The molecule has 0 unspecified atom stereocenters. The van der Waals surface area contributed by atoms with Gasteiger partial charge in [-0.2, -0.15) is 5.10 Å². The van der Waals surface area contributed by atoms with Gasteiger partial charge in [0, 0.05) is 6.42 Å². The van der Waals surface area contributed by atoms with E-state index in [0.717, 1.165) is 6.42 Å². The zero-order chi connectivity index (χ0) is 9.68. The molecule has 0 spiro atoms. The molecule has 4 nitrogen and oxygen atoms in total. The highest BCUT2D eigenvalue weighted by Crippen LogP contribution is 2.07. The Kier molecular flexibility index (Phi) is 3.82. The molecule has 0 saturated heterocycles. The second-order valence-electron chi connectivity index (χ2n) is 2.50. The summed E-state index contributed by atoms with van der Waals surface area (Å²) in [6.45, 7) is 1.96. The maximum absolute atomic E-state index is 11.4. The smallest absolute Gasteiger partial charge is 0.209 e. The van der Waals surface area contributed by atoms with Gasteiger partial charge in [0.05, 0.1) is 6.20 Å². The first-order valence-corrected chi connectivity index (χ1v) is 5.27. The molecule has 70 valence electrons. The molecule has 0 aromatic carbocycles. The van der Waals surface area contributed by atoms with E-state index in [1.165, 1.54) is 18.0 Å². The standard InChI is InChI=1S/C8H11N3OS/c1-3-4-7(12)6-5-9-11-8(10-6)13-2/h5H,3-4H2,1-2H3. The molecule has 0 bridgehead atoms. The molecule has 13 heavy (non-hydrogen) atoms. The lowest BCUT2D eigenvalue weighted by atomic mass is 10.2. The summed E-state index contributed by atoms with van der Waals surface area (Å²) in [5, 5.41) is 8.00. The molecule has 5 heteroatoms. The van der Waals surface area contributed by atoms with Crippen molar-refractivity contribution >= 4 is 17.5 Å². The number of thioether (sulfide) groups is 1. The third-order valence-electron chi connectivity index (χ3n) is 1.48. The van der Waals surface area contributed by atoms with E-state index in [2.05, 4.69) is 15.2 Å². The Morgan fingerprint density at radius 2 is 2.38 bits per heavy atom. The first-order valence-electron chi connectivity index (χ1n) is 4.04. The summed E-state index contributed by atoms with van der Waals surface area (Å²) in [5.41, 5.74) is 0.418. The molecule has 1 heterocycles. The summed E-state index contributed by atoms with van der Waals surface area (Å²) in [5.74, 6) is 0.0349. The summed E-state index contributed by atoms with van der Waals surface area (Å²) in [6, 6.07) is 0. The largest absolute Gasteiger partial charge is 0.292 e. The van der Waals surface area contributed by atoms with Crippen LogP contribution in [0.1, 0.15) is 30.3 Å². The van der Waals surface area contributed by atoms with Gasteiger partial charge in [-0.25, -0.2) is 4.98 Å². The molecule has 0 fully saturated rings. The average Bonchev–Trinajstić information content (AvgIpc) is 2.18. The van der Waals surface area contributed by atoms with Crippen molar-refractivity contribution in [1.82, 2.24) is 15.2 Å². The highest BCUT2D eigenvalue weighted by atomic mass is 32.2. The van der Waals surface area contributed by atoms with Crippen molar-refractivity contribution in [2.45, 2.75) is 24.9 Å². The van der Waals surface area contributed by atoms with Crippen LogP contribution in [-0.2, 0) is 0 Å². The monoisotopic (exact) mass is 197 g/mol. The number of hydrogen-bond acceptors (Lipinski definition) is 5. The second kappa shape index (κ2) is 4.91. The predicted molar refractivity (Wildman–Crippen MR) is 50.8 cm³/mol. The molecule has 0 aliphatic carbocycles. The number of nitrogens with zero attached hydrogens (tertiary/aromatic N) is 3. The summed E-state index contributed by atoms with van der Waals surface area (Å²) < 4.78 is 0. The van der Waals surface area contributed by atoms with Gasteiger partial charge in [-0.1, -0.05) is 18.7 Å². The van der Waals surface area contributed by atoms with Crippen LogP contribution in [-0.4, -0.2) is 27.2 Å². The molecule has 0 aliphatic heterocycles. The van der Waals surface area contributed by atoms with Gasteiger partial charge in [-0.05, 0) is 12.7 Å². The number of rotatable bonds is 4. The minimum atomic E-state index is 0.0349. The number of ketones is 1. The summed E-state index contributed by atoms with van der Waals surface area (Å²) in [4.78, 5) is 15.4. The van der Waals surface area contributed by atoms with Crippen molar-refractivity contribution < 1.29 is 4.79 Å². The van der Waals surface area contributed by atoms with E-state index in [9.17, 15) is 4.79 Å². The molecule has 1 aromatic heterocycles. The maximum Gasteiger partial charge on any atom is 0.209 e. The van der Waals surface area contributed by atoms with E-state index in [0.29, 0.717) is 17.3 Å². The Morgan fingerprint density at radius 3 is 3.00 bits per heavy atom. The summed E-state index contributed by atoms with van der Waals surface area (Å²) in [6.07, 6.45) is 4.62. The summed E-state index contributed by atoms with van der Waals surface area (Å²) in [7, 11) is 0. The minimum Gasteiger partial charge on any atom is -0.292 e. The lowest BCUT2D eigenvalue weighted by Crippen LogP contribution is -2.04. The van der Waals surface area contributed by atoms with Crippen LogP contribution in [0.4, 0.5) is 0 Å². The second-order valence-corrected chi connectivity index (χ2v) is 3.27. The predicted octanol–water partition coefficient (Wildman–Crippen LogP) is 1.58. The maximum atomic E-state index is 11.4. The van der Waals surface area contributed by atoms with Crippen molar-refractivity contribution in [1.29, 1.82) is 0 Å². The zero-order valence-electron chi connectivity index (χ0n) is 7.65. The van der Waals surface area contributed by atoms with Crippen molar-refractivity contribution in [2.75, 3.05) is 6.26 Å². The van der Waals surface area contributed by atoms with Crippen LogP contribution in [0.3, 0.4) is 0 Å². The van der Waals surface area contributed by atoms with E-state index >= 15 is 0 Å². The van der Waals surface area contributed by atoms with Crippen LogP contribution in [0.5, 0.6) is 0 Å². The van der Waals surface area contributed by atoms with Crippen LogP contribution in [0.25, 0.3) is 0 Å². The molecule has 0 saturated carbocycles. The van der Waals surface area contributed by atoms with Gasteiger partial charge in [-0.15, -0.1) is 5.10 Å². The Bertz CT molecular complexity index is 303. The fourth-order valence-electron chi connectivity index (χ4n) is 0.863. The molecule has 0 amide bonds. The Labute approximate surface area is 81.2 Å². The highest BCUT2D eigenvalue weighted by molar-refractivity contribution is 7.98. The van der Waals surface area contributed by atoms with Gasteiger partial charge < -0.3 is 0 Å². The number of aromatic nitrogens is 3. The molecule has 0 N–H and O–H groups in total. The van der Waals surface area contributed by atoms with Crippen LogP contribution >= 0.6 is 11.8 Å². The van der Waals surface area contributed by atoms with Gasteiger partial charge in [0.2, 0.25) is 5.16 Å². The first-order chi connectivity index (χ1) is 6.27. The van der Waals surface area contributed by atoms with Gasteiger partial charge in [0.1, 0.15) is 5.69 Å². The van der Waals surface area contributed by atoms with Gasteiger partial charge in [0.15, 0.2) is 5.78 Å². The van der Waals surface area contributed by atoms with Gasteiger partial charge in [-0.3, -0.25) is 4.79 Å². The molecule has 0 radical (unpaired) electrons. The highest BCUT2D eigenvalue weighted by Gasteiger charge is 2.07. The normalized spacial score (nSPS) is 10.0. The van der Waals surface area contributed by atoms with Crippen LogP contribution in [0, 0.1) is 0 Å². The van der Waals surface area contributed by atoms with Crippen LogP contribution in [0.15, 0.2) is 11.4 Å². The lowest BCUT2D eigenvalue weighted by Gasteiger charge is -1.97. The number of Topliss-reactive ketones (excluding diaryl/α,β-unsaturated/α-hetero) is 1. The summed E-state index contributed by atoms with van der Waals surface area (Å²) >= 11 is 1.38. The van der Waals surface area contributed by atoms with E-state index < -0.39 is 0 Å². The molecular weight excluding hydrogens is 186 g/mol. The molecule has 0 aliphatic rings. The molecule has 1 rings (SSSR count). The third-order valence-corrected chi connectivity index (χ3v) is 2.02. The van der Waals surface area contributed by atoms with Crippen LogP contribution < -0.4 is 0 Å². The lowest BCUT2D eigenvalue weighted by molar-refractivity contribution is 0.0975. The SMILES string of the molecule is CCCC(=O)c1cnnc(SC)n1. The number of hydrogen-bond donors (Lipinski definition) is 0. The van der Waals surface area contributed by atoms with Gasteiger partial charge >= 0.3 is 0 Å². The number of carbonyl (C=O) groups excluding carboxylic acids is 1. The topological polar surface area (TPSA) is 55.7 Å². The average molecular weight is 197 g/mol. The van der Waals surface area contributed by atoms with E-state index in [1.54, 1.807) is 0 Å². The van der Waals surface area contributed by atoms with E-state index in [-0.39, 0.29) is 5.78 Å².